The number of nitrogens with zero attached hydrogens (tertiary/aromatic N) is 4. The maximum absolute atomic E-state index is 13.0. The fourth-order valence-corrected chi connectivity index (χ4v) is 5.28. The molecule has 1 atom stereocenters. The number of carbonyl (C=O) groups is 1. The number of amides is 1. The Morgan fingerprint density at radius 2 is 1.90 bits per heavy atom. The molecule has 4 rings (SSSR count). The molecule has 0 radical (unpaired) electrons. The Morgan fingerprint density at radius 1 is 1.17 bits per heavy atom. The molecule has 1 aliphatic heterocycles. The first-order valence-electron chi connectivity index (χ1n) is 9.69. The molecular formula is C21H24N4O2S2. The van der Waals surface area contributed by atoms with Gasteiger partial charge in [-0.3, -0.25) is 19.1 Å². The lowest BCUT2D eigenvalue weighted by Gasteiger charge is -2.35. The van der Waals surface area contributed by atoms with Crippen molar-refractivity contribution in [3.8, 4) is 0 Å². The molecule has 0 spiro atoms. The normalized spacial score (nSPS) is 16.3. The van der Waals surface area contributed by atoms with Crippen molar-refractivity contribution in [2.75, 3.05) is 26.2 Å². The second kappa shape index (κ2) is 8.69. The fourth-order valence-electron chi connectivity index (χ4n) is 3.52. The van der Waals surface area contributed by atoms with Crippen LogP contribution in [-0.4, -0.2) is 56.7 Å². The number of hydrogen-bond acceptors (Lipinski definition) is 6. The predicted octanol–water partition coefficient (Wildman–Crippen LogP) is 2.82. The minimum atomic E-state index is -0.286. The van der Waals surface area contributed by atoms with Crippen LogP contribution in [0.3, 0.4) is 0 Å². The Bertz CT molecular complexity index is 1060. The number of carbonyl (C=O) groups excluding carboxylic acids is 1. The van der Waals surface area contributed by atoms with Gasteiger partial charge in [0.15, 0.2) is 5.16 Å². The van der Waals surface area contributed by atoms with E-state index in [1.165, 1.54) is 28.7 Å². The molecule has 2 aromatic heterocycles. The number of aromatic nitrogens is 2. The van der Waals surface area contributed by atoms with Crippen LogP contribution < -0.4 is 5.56 Å². The van der Waals surface area contributed by atoms with Crippen LogP contribution in [0.1, 0.15) is 12.5 Å². The quantitative estimate of drug-likeness (QED) is 0.462. The highest BCUT2D eigenvalue weighted by molar-refractivity contribution is 8.00. The molecule has 0 saturated carbocycles. The molecule has 1 aliphatic rings. The average molecular weight is 429 g/mol. The van der Waals surface area contributed by atoms with Crippen molar-refractivity contribution in [2.45, 2.75) is 23.9 Å². The van der Waals surface area contributed by atoms with Gasteiger partial charge in [-0.05, 0) is 23.9 Å². The van der Waals surface area contributed by atoms with Crippen molar-refractivity contribution in [3.05, 3.63) is 57.7 Å². The minimum Gasteiger partial charge on any atom is -0.339 e. The molecule has 29 heavy (non-hydrogen) atoms. The van der Waals surface area contributed by atoms with Crippen LogP contribution in [0.4, 0.5) is 0 Å². The number of benzene rings is 1. The number of rotatable bonds is 5. The zero-order valence-electron chi connectivity index (χ0n) is 16.6. The van der Waals surface area contributed by atoms with Crippen molar-refractivity contribution in [1.82, 2.24) is 19.4 Å². The van der Waals surface area contributed by atoms with E-state index in [4.69, 9.17) is 0 Å². The Hall–Kier alpha value is -2.16. The molecular weight excluding hydrogens is 404 g/mol. The second-order valence-corrected chi connectivity index (χ2v) is 9.45. The van der Waals surface area contributed by atoms with Gasteiger partial charge in [0.1, 0.15) is 4.83 Å². The standard InChI is InChI=1S/C21H24N4O2S2/c1-15(29-21-22-18-17(8-13-28-18)20(27)23(21)2)19(26)25-11-9-24(10-12-25)14-16-6-4-3-5-7-16/h3-8,13,15H,9-12,14H2,1-2H3. The lowest BCUT2D eigenvalue weighted by Crippen LogP contribution is -2.50. The number of fused-ring (bicyclic) bond motifs is 1. The van der Waals surface area contributed by atoms with E-state index < -0.39 is 0 Å². The van der Waals surface area contributed by atoms with Crippen LogP contribution in [0.15, 0.2) is 51.7 Å². The topological polar surface area (TPSA) is 58.4 Å². The number of hydrogen-bond donors (Lipinski definition) is 0. The van der Waals surface area contributed by atoms with Crippen molar-refractivity contribution in [1.29, 1.82) is 0 Å². The maximum Gasteiger partial charge on any atom is 0.262 e. The fraction of sp³-hybridized carbons (Fsp3) is 0.381. The third-order valence-electron chi connectivity index (χ3n) is 5.23. The molecule has 1 amide bonds. The maximum atomic E-state index is 13.0. The van der Waals surface area contributed by atoms with Crippen LogP contribution in [0.2, 0.25) is 0 Å². The number of thioether (sulfide) groups is 1. The molecule has 0 aliphatic carbocycles. The summed E-state index contributed by atoms with van der Waals surface area (Å²) >= 11 is 2.81. The number of thiophene rings is 1. The molecule has 1 fully saturated rings. The molecule has 8 heteroatoms. The smallest absolute Gasteiger partial charge is 0.262 e. The first-order valence-corrected chi connectivity index (χ1v) is 11.4. The van der Waals surface area contributed by atoms with Gasteiger partial charge >= 0.3 is 0 Å². The molecule has 0 bridgehead atoms. The minimum absolute atomic E-state index is 0.0621. The van der Waals surface area contributed by atoms with E-state index in [0.29, 0.717) is 10.5 Å². The highest BCUT2D eigenvalue weighted by Crippen LogP contribution is 2.25. The first kappa shape index (κ1) is 20.1. The van der Waals surface area contributed by atoms with Crippen LogP contribution in [0, 0.1) is 0 Å². The van der Waals surface area contributed by atoms with Gasteiger partial charge in [0.05, 0.1) is 10.6 Å². The highest BCUT2D eigenvalue weighted by Gasteiger charge is 2.26. The predicted molar refractivity (Wildman–Crippen MR) is 118 cm³/mol. The van der Waals surface area contributed by atoms with E-state index in [2.05, 4.69) is 34.1 Å². The van der Waals surface area contributed by atoms with Gasteiger partial charge in [-0.25, -0.2) is 4.98 Å². The lowest BCUT2D eigenvalue weighted by atomic mass is 10.2. The zero-order valence-corrected chi connectivity index (χ0v) is 18.2. The molecule has 1 aromatic carbocycles. The Morgan fingerprint density at radius 3 is 2.62 bits per heavy atom. The first-order chi connectivity index (χ1) is 14.0. The Labute approximate surface area is 178 Å². The average Bonchev–Trinajstić information content (AvgIpc) is 3.21. The lowest BCUT2D eigenvalue weighted by molar-refractivity contribution is -0.132. The van der Waals surface area contributed by atoms with Crippen LogP contribution in [-0.2, 0) is 18.4 Å². The largest absolute Gasteiger partial charge is 0.339 e. The summed E-state index contributed by atoms with van der Waals surface area (Å²) in [6, 6.07) is 12.2. The molecule has 1 saturated heterocycles. The van der Waals surface area contributed by atoms with Gasteiger partial charge in [0.25, 0.3) is 5.56 Å². The summed E-state index contributed by atoms with van der Waals surface area (Å²) in [5.74, 6) is 0.106. The van der Waals surface area contributed by atoms with Gasteiger partial charge in [0.2, 0.25) is 5.91 Å². The summed E-state index contributed by atoms with van der Waals surface area (Å²) in [7, 11) is 1.72. The molecule has 152 valence electrons. The van der Waals surface area contributed by atoms with Crippen molar-refractivity contribution >= 4 is 39.2 Å². The van der Waals surface area contributed by atoms with Crippen molar-refractivity contribution in [2.24, 2.45) is 7.05 Å². The summed E-state index contributed by atoms with van der Waals surface area (Å²) in [6.45, 7) is 6.01. The zero-order chi connectivity index (χ0) is 20.4. The Kier molecular flexibility index (Phi) is 6.03. The summed E-state index contributed by atoms with van der Waals surface area (Å²) in [4.78, 5) is 35.0. The molecule has 1 unspecified atom stereocenters. The second-order valence-electron chi connectivity index (χ2n) is 7.25. The third-order valence-corrected chi connectivity index (χ3v) is 7.16. The van der Waals surface area contributed by atoms with Crippen molar-refractivity contribution < 1.29 is 4.79 Å². The van der Waals surface area contributed by atoms with Crippen LogP contribution >= 0.6 is 23.1 Å². The third kappa shape index (κ3) is 4.39. The van der Waals surface area contributed by atoms with Gasteiger partial charge < -0.3 is 4.90 Å². The van der Waals surface area contributed by atoms with E-state index >= 15 is 0 Å². The number of piperazine rings is 1. The molecule has 3 heterocycles. The van der Waals surface area contributed by atoms with E-state index in [-0.39, 0.29) is 16.7 Å². The highest BCUT2D eigenvalue weighted by atomic mass is 32.2. The van der Waals surface area contributed by atoms with Crippen LogP contribution in [0.25, 0.3) is 10.2 Å². The van der Waals surface area contributed by atoms with E-state index in [1.807, 2.05) is 23.3 Å². The van der Waals surface area contributed by atoms with E-state index in [1.54, 1.807) is 17.7 Å². The molecule has 3 aromatic rings. The van der Waals surface area contributed by atoms with E-state index in [0.717, 1.165) is 37.6 Å². The summed E-state index contributed by atoms with van der Waals surface area (Å²) in [5, 5.41) is 2.81. The SMILES string of the molecule is CC(Sc1nc2sccc2c(=O)n1C)C(=O)N1CCN(Cc2ccccc2)CC1. The van der Waals surface area contributed by atoms with Crippen molar-refractivity contribution in [3.63, 3.8) is 0 Å². The molecule has 0 N–H and O–H groups in total. The van der Waals surface area contributed by atoms with Gasteiger partial charge in [0, 0.05) is 39.8 Å². The summed E-state index contributed by atoms with van der Waals surface area (Å²) in [5.41, 5.74) is 1.24. The Balaban J connectivity index is 1.37. The van der Waals surface area contributed by atoms with Gasteiger partial charge in [-0.1, -0.05) is 42.1 Å². The summed E-state index contributed by atoms with van der Waals surface area (Å²) < 4.78 is 1.54. The van der Waals surface area contributed by atoms with Crippen LogP contribution in [0.5, 0.6) is 0 Å². The van der Waals surface area contributed by atoms with Gasteiger partial charge in [-0.15, -0.1) is 11.3 Å². The molecule has 6 nitrogen and oxygen atoms in total. The van der Waals surface area contributed by atoms with Gasteiger partial charge in [-0.2, -0.15) is 0 Å². The van der Waals surface area contributed by atoms with E-state index in [9.17, 15) is 9.59 Å². The summed E-state index contributed by atoms with van der Waals surface area (Å²) in [6.07, 6.45) is 0. The monoisotopic (exact) mass is 428 g/mol.